The lowest BCUT2D eigenvalue weighted by molar-refractivity contribution is 0.112. The molecule has 1 spiro atoms. The van der Waals surface area contributed by atoms with Crippen LogP contribution in [0.5, 0.6) is 0 Å². The molecule has 3 aliphatic rings. The van der Waals surface area contributed by atoms with Crippen LogP contribution in [-0.2, 0) is 0 Å². The molecule has 0 radical (unpaired) electrons. The summed E-state index contributed by atoms with van der Waals surface area (Å²) in [5.41, 5.74) is 1.55. The summed E-state index contributed by atoms with van der Waals surface area (Å²) in [6.07, 6.45) is 9.96. The van der Waals surface area contributed by atoms with E-state index in [9.17, 15) is 5.26 Å². The molecule has 30 heavy (non-hydrogen) atoms. The number of thiocarbonyl (C=S) groups is 1. The van der Waals surface area contributed by atoms with E-state index >= 15 is 0 Å². The van der Waals surface area contributed by atoms with Crippen LogP contribution in [0.3, 0.4) is 0 Å². The average molecular weight is 423 g/mol. The highest BCUT2D eigenvalue weighted by atomic mass is 32.1. The Kier molecular flexibility index (Phi) is 6.01. The fraction of sp³-hybridized carbons (Fsp3) is 0.640. The molecule has 0 aromatic heterocycles. The summed E-state index contributed by atoms with van der Waals surface area (Å²) in [6.45, 7) is 8.82. The van der Waals surface area contributed by atoms with Gasteiger partial charge in [0, 0.05) is 11.1 Å². The summed E-state index contributed by atoms with van der Waals surface area (Å²) in [6, 6.07) is 10.4. The molecular formula is C25H34N4S. The smallest absolute Gasteiger partial charge is 0.127 e. The number of likely N-dealkylation sites (tertiary alicyclic amines) is 1. The van der Waals surface area contributed by atoms with Crippen LogP contribution < -0.4 is 4.90 Å². The Balaban J connectivity index is 1.86. The normalized spacial score (nSPS) is 26.3. The molecule has 0 unspecified atom stereocenters. The summed E-state index contributed by atoms with van der Waals surface area (Å²) < 4.78 is 0. The SMILES string of the molecule is CC(C)(C)N=C1[C@@H](N2CCCCC2)C2(CCCCC2)C(=S)N1c1ccc(C#N)cc1. The van der Waals surface area contributed by atoms with Crippen LogP contribution in [0.15, 0.2) is 29.3 Å². The van der Waals surface area contributed by atoms with Crippen LogP contribution >= 0.6 is 12.2 Å². The lowest BCUT2D eigenvalue weighted by atomic mass is 9.69. The molecule has 4 nitrogen and oxygen atoms in total. The van der Waals surface area contributed by atoms with E-state index in [1.807, 2.05) is 24.3 Å². The number of rotatable bonds is 2. The van der Waals surface area contributed by atoms with Crippen LogP contribution in [0.2, 0.25) is 0 Å². The zero-order valence-corrected chi connectivity index (χ0v) is 19.5. The number of piperidine rings is 1. The highest BCUT2D eigenvalue weighted by Crippen LogP contribution is 2.50. The molecule has 0 amide bonds. The number of nitrogens with zero attached hydrogens (tertiary/aromatic N) is 4. The van der Waals surface area contributed by atoms with Gasteiger partial charge in [-0.25, -0.2) is 0 Å². The van der Waals surface area contributed by atoms with E-state index in [-0.39, 0.29) is 17.0 Å². The molecule has 1 aromatic rings. The Morgan fingerprint density at radius 1 is 1.00 bits per heavy atom. The van der Waals surface area contributed by atoms with Crippen molar-refractivity contribution < 1.29 is 0 Å². The van der Waals surface area contributed by atoms with E-state index in [1.54, 1.807) is 0 Å². The van der Waals surface area contributed by atoms with Gasteiger partial charge in [0.05, 0.1) is 28.2 Å². The van der Waals surface area contributed by atoms with Gasteiger partial charge in [0.2, 0.25) is 0 Å². The predicted octanol–water partition coefficient (Wildman–Crippen LogP) is 5.71. The third-order valence-electron chi connectivity index (χ3n) is 6.83. The summed E-state index contributed by atoms with van der Waals surface area (Å²) in [5, 5.41) is 9.24. The maximum atomic E-state index is 9.24. The van der Waals surface area contributed by atoms with E-state index in [0.29, 0.717) is 5.56 Å². The molecule has 4 rings (SSSR count). The van der Waals surface area contributed by atoms with Gasteiger partial charge in [-0.15, -0.1) is 0 Å². The second kappa shape index (κ2) is 8.40. The van der Waals surface area contributed by atoms with Crippen molar-refractivity contribution in [2.75, 3.05) is 18.0 Å². The minimum absolute atomic E-state index is 0.00288. The Bertz CT molecular complexity index is 847. The standard InChI is InChI=1S/C25H34N4S/c1-24(2,3)27-22-21(28-16-8-5-9-17-28)25(14-6-4-7-15-25)23(30)29(22)20-12-10-19(18-26)11-13-20/h10-13,21H,4-9,14-17H2,1-3H3/t21-/m1/s1. The Hall–Kier alpha value is -1.77. The number of amidine groups is 1. The summed E-state index contributed by atoms with van der Waals surface area (Å²) in [7, 11) is 0. The summed E-state index contributed by atoms with van der Waals surface area (Å²) >= 11 is 6.28. The largest absolute Gasteiger partial charge is 0.293 e. The van der Waals surface area contributed by atoms with Crippen molar-refractivity contribution in [3.05, 3.63) is 29.8 Å². The molecule has 2 heterocycles. The van der Waals surface area contributed by atoms with Crippen molar-refractivity contribution in [1.29, 1.82) is 5.26 Å². The van der Waals surface area contributed by atoms with Gasteiger partial charge in [0.1, 0.15) is 5.84 Å². The molecule has 1 aliphatic carbocycles. The molecular weight excluding hydrogens is 388 g/mol. The number of nitriles is 1. The van der Waals surface area contributed by atoms with Crippen LogP contribution in [0.1, 0.15) is 77.7 Å². The molecule has 1 atom stereocenters. The van der Waals surface area contributed by atoms with E-state index in [0.717, 1.165) is 42.4 Å². The first kappa shape index (κ1) is 21.5. The first-order chi connectivity index (χ1) is 14.4. The van der Waals surface area contributed by atoms with Crippen LogP contribution in [0.4, 0.5) is 5.69 Å². The van der Waals surface area contributed by atoms with Gasteiger partial charge in [0.25, 0.3) is 0 Å². The third kappa shape index (κ3) is 3.92. The van der Waals surface area contributed by atoms with Crippen molar-refractivity contribution in [3.8, 4) is 6.07 Å². The van der Waals surface area contributed by atoms with E-state index in [4.69, 9.17) is 17.2 Å². The van der Waals surface area contributed by atoms with Crippen LogP contribution in [0.25, 0.3) is 0 Å². The number of aliphatic imine (C=N–C) groups is 1. The predicted molar refractivity (Wildman–Crippen MR) is 128 cm³/mol. The Morgan fingerprint density at radius 2 is 1.60 bits per heavy atom. The summed E-state index contributed by atoms with van der Waals surface area (Å²) in [4.78, 5) is 11.3. The average Bonchev–Trinajstić information content (AvgIpc) is 2.95. The minimum Gasteiger partial charge on any atom is -0.293 e. The van der Waals surface area contributed by atoms with Gasteiger partial charge in [-0.1, -0.05) is 37.9 Å². The van der Waals surface area contributed by atoms with Crippen molar-refractivity contribution in [2.45, 2.75) is 83.7 Å². The first-order valence-corrected chi connectivity index (χ1v) is 12.0. The van der Waals surface area contributed by atoms with Crippen LogP contribution in [0, 0.1) is 16.7 Å². The number of hydrogen-bond acceptors (Lipinski definition) is 4. The van der Waals surface area contributed by atoms with Gasteiger partial charge in [-0.3, -0.25) is 14.8 Å². The van der Waals surface area contributed by atoms with Crippen molar-refractivity contribution in [2.24, 2.45) is 10.4 Å². The first-order valence-electron chi connectivity index (χ1n) is 11.5. The zero-order chi connectivity index (χ0) is 21.4. The van der Waals surface area contributed by atoms with Gasteiger partial charge in [0.15, 0.2) is 0 Å². The number of hydrogen-bond donors (Lipinski definition) is 0. The van der Waals surface area contributed by atoms with Gasteiger partial charge < -0.3 is 0 Å². The highest BCUT2D eigenvalue weighted by molar-refractivity contribution is 7.80. The quantitative estimate of drug-likeness (QED) is 0.573. The molecule has 1 aromatic carbocycles. The molecule has 1 saturated carbocycles. The highest BCUT2D eigenvalue weighted by Gasteiger charge is 2.57. The lowest BCUT2D eigenvalue weighted by Gasteiger charge is -2.44. The molecule has 0 N–H and O–H groups in total. The van der Waals surface area contributed by atoms with Crippen molar-refractivity contribution in [3.63, 3.8) is 0 Å². The van der Waals surface area contributed by atoms with E-state index < -0.39 is 0 Å². The third-order valence-corrected chi connectivity index (χ3v) is 7.42. The van der Waals surface area contributed by atoms with Crippen molar-refractivity contribution in [1.82, 2.24) is 4.90 Å². The van der Waals surface area contributed by atoms with E-state index in [2.05, 4.69) is 36.6 Å². The minimum atomic E-state index is -0.177. The molecule has 0 bridgehead atoms. The maximum absolute atomic E-state index is 9.24. The molecule has 3 fully saturated rings. The molecule has 160 valence electrons. The monoisotopic (exact) mass is 422 g/mol. The second-order valence-electron chi connectivity index (χ2n) is 10.2. The maximum Gasteiger partial charge on any atom is 0.127 e. The van der Waals surface area contributed by atoms with Gasteiger partial charge >= 0.3 is 0 Å². The lowest BCUT2D eigenvalue weighted by Crippen LogP contribution is -2.53. The van der Waals surface area contributed by atoms with E-state index in [1.165, 1.54) is 38.5 Å². The van der Waals surface area contributed by atoms with Gasteiger partial charge in [-0.2, -0.15) is 5.26 Å². The zero-order valence-electron chi connectivity index (χ0n) is 18.7. The Morgan fingerprint density at radius 3 is 2.17 bits per heavy atom. The number of benzene rings is 1. The molecule has 2 aliphatic heterocycles. The Labute approximate surface area is 187 Å². The van der Waals surface area contributed by atoms with Crippen LogP contribution in [-0.4, -0.2) is 40.4 Å². The molecule has 2 saturated heterocycles. The summed E-state index contributed by atoms with van der Waals surface area (Å²) in [5.74, 6) is 1.13. The fourth-order valence-corrected chi connectivity index (χ4v) is 6.08. The van der Waals surface area contributed by atoms with Crippen molar-refractivity contribution >= 4 is 28.7 Å². The molecule has 5 heteroatoms. The van der Waals surface area contributed by atoms with Gasteiger partial charge in [-0.05, 0) is 83.8 Å². The fourth-order valence-electron chi connectivity index (χ4n) is 5.56. The second-order valence-corrected chi connectivity index (χ2v) is 10.5. The topological polar surface area (TPSA) is 42.6 Å². The number of anilines is 1.